The van der Waals surface area contributed by atoms with E-state index in [1.807, 2.05) is 0 Å². The number of benzene rings is 1. The van der Waals surface area contributed by atoms with E-state index in [0.29, 0.717) is 5.41 Å². The Hall–Kier alpha value is -1.06. The minimum Gasteiger partial charge on any atom is -0.371 e. The van der Waals surface area contributed by atoms with E-state index in [2.05, 4.69) is 53.4 Å². The van der Waals surface area contributed by atoms with Crippen LogP contribution >= 0.6 is 0 Å². The zero-order chi connectivity index (χ0) is 14.7. The molecule has 0 aliphatic carbocycles. The van der Waals surface area contributed by atoms with E-state index in [4.69, 9.17) is 0 Å². The van der Waals surface area contributed by atoms with Crippen LogP contribution < -0.4 is 10.2 Å². The van der Waals surface area contributed by atoms with Crippen molar-refractivity contribution >= 4 is 5.69 Å². The lowest BCUT2D eigenvalue weighted by atomic mass is 9.89. The largest absolute Gasteiger partial charge is 0.371 e. The Morgan fingerprint density at radius 2 is 2.00 bits per heavy atom. The fourth-order valence-electron chi connectivity index (χ4n) is 3.91. The molecule has 2 aliphatic rings. The Bertz CT molecular complexity index is 459. The average Bonchev–Trinajstić information content (AvgIpc) is 3.11. The summed E-state index contributed by atoms with van der Waals surface area (Å²) in [6.45, 7) is 9.43. The van der Waals surface area contributed by atoms with E-state index in [1.54, 1.807) is 0 Å². The van der Waals surface area contributed by atoms with Crippen LogP contribution in [0.5, 0.6) is 0 Å². The van der Waals surface area contributed by atoms with Gasteiger partial charge in [-0.3, -0.25) is 0 Å². The number of anilines is 1. The normalized spacial score (nSPS) is 26.0. The highest BCUT2D eigenvalue weighted by Crippen LogP contribution is 2.28. The number of hydrogen-bond acceptors (Lipinski definition) is 3. The van der Waals surface area contributed by atoms with Crippen LogP contribution in [-0.2, 0) is 6.54 Å². The van der Waals surface area contributed by atoms with Gasteiger partial charge in [0, 0.05) is 38.4 Å². The van der Waals surface area contributed by atoms with Crippen molar-refractivity contribution in [2.24, 2.45) is 5.41 Å². The van der Waals surface area contributed by atoms with Crippen LogP contribution in [0.3, 0.4) is 0 Å². The van der Waals surface area contributed by atoms with Gasteiger partial charge in [0.15, 0.2) is 0 Å². The van der Waals surface area contributed by atoms with Crippen LogP contribution in [0.25, 0.3) is 0 Å². The highest BCUT2D eigenvalue weighted by Gasteiger charge is 2.29. The molecule has 0 saturated carbocycles. The summed E-state index contributed by atoms with van der Waals surface area (Å²) in [7, 11) is 2.27. The van der Waals surface area contributed by atoms with Crippen LogP contribution in [0.15, 0.2) is 24.3 Å². The van der Waals surface area contributed by atoms with E-state index in [-0.39, 0.29) is 0 Å². The van der Waals surface area contributed by atoms with Crippen molar-refractivity contribution < 1.29 is 0 Å². The molecule has 2 aliphatic heterocycles. The first-order valence-electron chi connectivity index (χ1n) is 8.38. The monoisotopic (exact) mass is 287 g/mol. The van der Waals surface area contributed by atoms with Crippen molar-refractivity contribution in [1.29, 1.82) is 0 Å². The molecular weight excluding hydrogens is 258 g/mol. The molecule has 1 aromatic carbocycles. The molecule has 3 nitrogen and oxygen atoms in total. The fourth-order valence-corrected chi connectivity index (χ4v) is 3.91. The first-order valence-corrected chi connectivity index (χ1v) is 8.38. The van der Waals surface area contributed by atoms with Crippen LogP contribution in [0.1, 0.15) is 31.7 Å². The van der Waals surface area contributed by atoms with Gasteiger partial charge in [-0.05, 0) is 49.9 Å². The van der Waals surface area contributed by atoms with Gasteiger partial charge in [-0.25, -0.2) is 0 Å². The van der Waals surface area contributed by atoms with Gasteiger partial charge in [-0.2, -0.15) is 0 Å². The van der Waals surface area contributed by atoms with Crippen LogP contribution in [0.2, 0.25) is 0 Å². The molecule has 2 fully saturated rings. The Labute approximate surface area is 129 Å². The molecule has 0 spiro atoms. The van der Waals surface area contributed by atoms with Gasteiger partial charge in [0.05, 0.1) is 0 Å². The van der Waals surface area contributed by atoms with Gasteiger partial charge in [0.2, 0.25) is 0 Å². The minimum absolute atomic E-state index is 0.442. The van der Waals surface area contributed by atoms with Crippen molar-refractivity contribution in [3.05, 3.63) is 29.8 Å². The zero-order valence-corrected chi connectivity index (χ0v) is 13.6. The van der Waals surface area contributed by atoms with Crippen LogP contribution in [0, 0.1) is 5.41 Å². The van der Waals surface area contributed by atoms with E-state index < -0.39 is 0 Å². The maximum Gasteiger partial charge on any atom is 0.0411 e. The quantitative estimate of drug-likeness (QED) is 0.898. The summed E-state index contributed by atoms with van der Waals surface area (Å²) in [6, 6.07) is 8.97. The third kappa shape index (κ3) is 3.58. The second-order valence-electron chi connectivity index (χ2n) is 7.23. The molecule has 21 heavy (non-hydrogen) atoms. The second-order valence-corrected chi connectivity index (χ2v) is 7.23. The van der Waals surface area contributed by atoms with Crippen molar-refractivity contribution in [1.82, 2.24) is 10.2 Å². The summed E-state index contributed by atoms with van der Waals surface area (Å²) in [4.78, 5) is 5.06. The number of para-hydroxylation sites is 1. The summed E-state index contributed by atoms with van der Waals surface area (Å²) in [5, 5.41) is 3.50. The number of rotatable bonds is 5. The topological polar surface area (TPSA) is 18.5 Å². The lowest BCUT2D eigenvalue weighted by Crippen LogP contribution is -2.35. The predicted octanol–water partition coefficient (Wildman–Crippen LogP) is 2.72. The van der Waals surface area contributed by atoms with Gasteiger partial charge in [0.1, 0.15) is 0 Å². The smallest absolute Gasteiger partial charge is 0.0411 e. The molecule has 1 atom stereocenters. The Morgan fingerprint density at radius 3 is 2.71 bits per heavy atom. The zero-order valence-electron chi connectivity index (χ0n) is 13.6. The Balaban J connectivity index is 1.66. The number of hydrogen-bond donors (Lipinski definition) is 1. The van der Waals surface area contributed by atoms with Gasteiger partial charge in [-0.1, -0.05) is 25.1 Å². The van der Waals surface area contributed by atoms with E-state index in [0.717, 1.165) is 13.1 Å². The number of nitrogens with one attached hydrogen (secondary N) is 1. The highest BCUT2D eigenvalue weighted by atomic mass is 15.2. The molecule has 0 radical (unpaired) electrons. The van der Waals surface area contributed by atoms with Crippen molar-refractivity contribution in [2.75, 3.05) is 44.7 Å². The molecule has 0 amide bonds. The molecule has 2 heterocycles. The van der Waals surface area contributed by atoms with E-state index in [1.165, 1.54) is 56.7 Å². The molecule has 116 valence electrons. The number of nitrogens with zero attached hydrogens (tertiary/aromatic N) is 2. The van der Waals surface area contributed by atoms with Gasteiger partial charge in [-0.15, -0.1) is 0 Å². The summed E-state index contributed by atoms with van der Waals surface area (Å²) < 4.78 is 0. The van der Waals surface area contributed by atoms with Crippen LogP contribution in [-0.4, -0.2) is 44.7 Å². The molecule has 0 bridgehead atoms. The molecule has 3 heteroatoms. The molecule has 1 unspecified atom stereocenters. The molecule has 3 rings (SSSR count). The maximum atomic E-state index is 3.50. The molecular formula is C18H29N3. The highest BCUT2D eigenvalue weighted by molar-refractivity contribution is 5.54. The van der Waals surface area contributed by atoms with Gasteiger partial charge >= 0.3 is 0 Å². The van der Waals surface area contributed by atoms with Crippen LogP contribution in [0.4, 0.5) is 5.69 Å². The maximum absolute atomic E-state index is 3.50. The summed E-state index contributed by atoms with van der Waals surface area (Å²) in [6.07, 6.45) is 3.98. The average molecular weight is 287 g/mol. The van der Waals surface area contributed by atoms with Crippen molar-refractivity contribution in [3.8, 4) is 0 Å². The molecule has 0 aromatic heterocycles. The molecule has 2 saturated heterocycles. The molecule has 1 aromatic rings. The lowest BCUT2D eigenvalue weighted by molar-refractivity contribution is 0.203. The Kier molecular flexibility index (Phi) is 4.51. The SMILES string of the molecule is CN(Cc1ccccc1N1CCCC1)CC1(C)CCNC1. The van der Waals surface area contributed by atoms with E-state index >= 15 is 0 Å². The first kappa shape index (κ1) is 14.9. The predicted molar refractivity (Wildman–Crippen MR) is 89.8 cm³/mol. The van der Waals surface area contributed by atoms with Crippen molar-refractivity contribution in [3.63, 3.8) is 0 Å². The minimum atomic E-state index is 0.442. The lowest BCUT2D eigenvalue weighted by Gasteiger charge is -2.30. The van der Waals surface area contributed by atoms with Gasteiger partial charge < -0.3 is 15.1 Å². The fraction of sp³-hybridized carbons (Fsp3) is 0.667. The third-order valence-electron chi connectivity index (χ3n) is 4.99. The second kappa shape index (κ2) is 6.37. The Morgan fingerprint density at radius 1 is 1.24 bits per heavy atom. The van der Waals surface area contributed by atoms with Crippen molar-refractivity contribution in [2.45, 2.75) is 32.7 Å². The summed E-state index contributed by atoms with van der Waals surface area (Å²) in [5.74, 6) is 0. The third-order valence-corrected chi connectivity index (χ3v) is 4.99. The van der Waals surface area contributed by atoms with Gasteiger partial charge in [0.25, 0.3) is 0 Å². The standard InChI is InChI=1S/C18H29N3/c1-18(9-10-19-14-18)15-20(2)13-16-7-3-4-8-17(16)21-11-5-6-12-21/h3-4,7-8,19H,5-6,9-15H2,1-2H3. The van der Waals surface area contributed by atoms with E-state index in [9.17, 15) is 0 Å². The summed E-state index contributed by atoms with van der Waals surface area (Å²) >= 11 is 0. The first-order chi connectivity index (χ1) is 10.2. The molecule has 1 N–H and O–H groups in total. The summed E-state index contributed by atoms with van der Waals surface area (Å²) in [5.41, 5.74) is 3.38.